The van der Waals surface area contributed by atoms with Crippen LogP contribution in [0.1, 0.15) is 43.4 Å². The summed E-state index contributed by atoms with van der Waals surface area (Å²) in [6.07, 6.45) is 5.44. The number of sulfonamides is 1. The number of aromatic amines is 1. The standard InChI is InChI=1S/C28H28N4O4S/c1-27(2)23-6-5-20(15-24(23)37(33,34)32-27)25-22-14-21(16-29-26(22)31-30-25)18-4-3-17-7-9-28(35-11-12-36-28)10-8-19(17)13-18/h3-6,13-16,32H,7-12H2,1-2H3,(H,29,30,31). The van der Waals surface area contributed by atoms with Crippen molar-refractivity contribution in [2.75, 3.05) is 13.2 Å². The third-order valence-electron chi connectivity index (χ3n) is 7.93. The highest BCUT2D eigenvalue weighted by Gasteiger charge is 2.40. The molecule has 2 aromatic heterocycles. The molecule has 0 atom stereocenters. The molecule has 8 nitrogen and oxygen atoms in total. The smallest absolute Gasteiger partial charge is 0.241 e. The van der Waals surface area contributed by atoms with Crippen LogP contribution in [0.3, 0.4) is 0 Å². The molecule has 0 amide bonds. The van der Waals surface area contributed by atoms with E-state index >= 15 is 0 Å². The summed E-state index contributed by atoms with van der Waals surface area (Å²) in [7, 11) is -3.57. The Morgan fingerprint density at radius 1 is 0.892 bits per heavy atom. The van der Waals surface area contributed by atoms with E-state index in [0.717, 1.165) is 53.3 Å². The van der Waals surface area contributed by atoms with Crippen LogP contribution in [-0.2, 0) is 37.9 Å². The predicted octanol–water partition coefficient (Wildman–Crippen LogP) is 4.44. The molecule has 1 aliphatic carbocycles. The molecule has 9 heteroatoms. The number of aryl methyl sites for hydroxylation is 2. The summed E-state index contributed by atoms with van der Waals surface area (Å²) < 4.78 is 40.2. The Morgan fingerprint density at radius 2 is 1.65 bits per heavy atom. The van der Waals surface area contributed by atoms with Crippen LogP contribution in [0.5, 0.6) is 0 Å². The summed E-state index contributed by atoms with van der Waals surface area (Å²) in [5.41, 5.74) is 6.93. The van der Waals surface area contributed by atoms with Crippen molar-refractivity contribution < 1.29 is 17.9 Å². The zero-order valence-electron chi connectivity index (χ0n) is 20.8. The predicted molar refractivity (Wildman–Crippen MR) is 139 cm³/mol. The highest BCUT2D eigenvalue weighted by atomic mass is 32.2. The highest BCUT2D eigenvalue weighted by Crippen LogP contribution is 2.39. The second-order valence-corrected chi connectivity index (χ2v) is 12.4. The number of nitrogens with one attached hydrogen (secondary N) is 2. The summed E-state index contributed by atoms with van der Waals surface area (Å²) >= 11 is 0. The first-order valence-electron chi connectivity index (χ1n) is 12.7. The van der Waals surface area contributed by atoms with Crippen molar-refractivity contribution in [2.24, 2.45) is 0 Å². The third kappa shape index (κ3) is 3.72. The Kier molecular flexibility index (Phi) is 4.95. The van der Waals surface area contributed by atoms with Gasteiger partial charge in [0.05, 0.1) is 23.6 Å². The minimum Gasteiger partial charge on any atom is -0.348 e. The fourth-order valence-electron chi connectivity index (χ4n) is 5.98. The van der Waals surface area contributed by atoms with Gasteiger partial charge in [0.1, 0.15) is 5.69 Å². The maximum Gasteiger partial charge on any atom is 0.241 e. The number of pyridine rings is 1. The molecule has 2 aromatic carbocycles. The van der Waals surface area contributed by atoms with Gasteiger partial charge in [-0.15, -0.1) is 0 Å². The van der Waals surface area contributed by atoms with Crippen LogP contribution in [-0.4, -0.2) is 42.6 Å². The SMILES string of the molecule is CC1(C)NS(=O)(=O)c2cc(-c3n[nH]c4ncc(-c5ccc6c(c5)CCC5(CC6)OCCO5)cc34)ccc21. The number of ether oxygens (including phenoxy) is 2. The van der Waals surface area contributed by atoms with E-state index < -0.39 is 21.3 Å². The number of nitrogens with zero attached hydrogens (tertiary/aromatic N) is 2. The Labute approximate surface area is 215 Å². The van der Waals surface area contributed by atoms with Gasteiger partial charge in [-0.2, -0.15) is 5.10 Å². The van der Waals surface area contributed by atoms with Gasteiger partial charge in [-0.25, -0.2) is 18.1 Å². The maximum atomic E-state index is 12.7. The van der Waals surface area contributed by atoms with Crippen molar-refractivity contribution in [1.82, 2.24) is 19.9 Å². The summed E-state index contributed by atoms with van der Waals surface area (Å²) in [5.74, 6) is -0.431. The molecule has 190 valence electrons. The monoisotopic (exact) mass is 516 g/mol. The number of hydrogen-bond acceptors (Lipinski definition) is 6. The van der Waals surface area contributed by atoms with Crippen LogP contribution in [0, 0.1) is 0 Å². The summed E-state index contributed by atoms with van der Waals surface area (Å²) in [4.78, 5) is 4.93. The largest absolute Gasteiger partial charge is 0.348 e. The van der Waals surface area contributed by atoms with Crippen molar-refractivity contribution in [3.8, 4) is 22.4 Å². The van der Waals surface area contributed by atoms with Crippen molar-refractivity contribution >= 4 is 21.1 Å². The Balaban J connectivity index is 1.26. The molecular formula is C28H28N4O4S. The van der Waals surface area contributed by atoms with Crippen LogP contribution < -0.4 is 4.72 Å². The van der Waals surface area contributed by atoms with E-state index in [-0.39, 0.29) is 0 Å². The molecule has 0 bridgehead atoms. The zero-order chi connectivity index (χ0) is 25.4. The van der Waals surface area contributed by atoms with Gasteiger partial charge in [0.15, 0.2) is 11.4 Å². The number of H-pyrrole nitrogens is 1. The molecule has 0 unspecified atom stereocenters. The Bertz CT molecular complexity index is 1670. The van der Waals surface area contributed by atoms with Crippen molar-refractivity contribution in [1.29, 1.82) is 0 Å². The first-order chi connectivity index (χ1) is 17.7. The molecular weight excluding hydrogens is 488 g/mol. The van der Waals surface area contributed by atoms with E-state index in [4.69, 9.17) is 9.47 Å². The van der Waals surface area contributed by atoms with Crippen molar-refractivity contribution in [2.45, 2.75) is 55.8 Å². The molecule has 1 fully saturated rings. The molecule has 0 radical (unpaired) electrons. The summed E-state index contributed by atoms with van der Waals surface area (Å²) in [6.45, 7) is 5.07. The highest BCUT2D eigenvalue weighted by molar-refractivity contribution is 7.89. The maximum absolute atomic E-state index is 12.7. The second-order valence-electron chi connectivity index (χ2n) is 10.7. The van der Waals surface area contributed by atoms with E-state index in [1.54, 1.807) is 6.07 Å². The molecule has 4 heterocycles. The number of hydrogen-bond donors (Lipinski definition) is 2. The molecule has 4 aromatic rings. The molecule has 37 heavy (non-hydrogen) atoms. The van der Waals surface area contributed by atoms with E-state index in [1.807, 2.05) is 32.2 Å². The normalized spacial score (nSPS) is 21.1. The molecule has 7 rings (SSSR count). The van der Waals surface area contributed by atoms with Gasteiger partial charge in [0.25, 0.3) is 0 Å². The third-order valence-corrected chi connectivity index (χ3v) is 9.62. The van der Waals surface area contributed by atoms with Crippen LogP contribution in [0.2, 0.25) is 0 Å². The van der Waals surface area contributed by atoms with E-state index in [0.29, 0.717) is 29.5 Å². The summed E-state index contributed by atoms with van der Waals surface area (Å²) in [6, 6.07) is 14.2. The lowest BCUT2D eigenvalue weighted by molar-refractivity contribution is -0.164. The van der Waals surface area contributed by atoms with Crippen LogP contribution >= 0.6 is 0 Å². The fraction of sp³-hybridized carbons (Fsp3) is 0.357. The van der Waals surface area contributed by atoms with E-state index in [1.165, 1.54) is 11.1 Å². The van der Waals surface area contributed by atoms with Crippen molar-refractivity contribution in [3.05, 3.63) is 65.4 Å². The molecule has 2 aliphatic heterocycles. The van der Waals surface area contributed by atoms with Crippen LogP contribution in [0.4, 0.5) is 0 Å². The Morgan fingerprint density at radius 3 is 2.46 bits per heavy atom. The van der Waals surface area contributed by atoms with Gasteiger partial charge < -0.3 is 9.47 Å². The van der Waals surface area contributed by atoms with Crippen molar-refractivity contribution in [3.63, 3.8) is 0 Å². The number of aromatic nitrogens is 3. The second kappa shape index (κ2) is 7.94. The van der Waals surface area contributed by atoms with E-state index in [2.05, 4.69) is 44.2 Å². The lowest BCUT2D eigenvalue weighted by Crippen LogP contribution is -2.32. The first-order valence-corrected chi connectivity index (χ1v) is 14.1. The number of benzene rings is 2. The quantitative estimate of drug-likeness (QED) is 0.408. The lowest BCUT2D eigenvalue weighted by atomic mass is 9.94. The Hall–Kier alpha value is -3.11. The van der Waals surface area contributed by atoms with Crippen LogP contribution in [0.25, 0.3) is 33.4 Å². The fourth-order valence-corrected chi connectivity index (χ4v) is 7.77. The average Bonchev–Trinajstić information content (AvgIpc) is 3.52. The zero-order valence-corrected chi connectivity index (χ0v) is 21.6. The first kappa shape index (κ1) is 23.0. The van der Waals surface area contributed by atoms with E-state index in [9.17, 15) is 8.42 Å². The van der Waals surface area contributed by atoms with Gasteiger partial charge in [-0.1, -0.05) is 30.3 Å². The molecule has 1 saturated heterocycles. The molecule has 3 aliphatic rings. The number of rotatable bonds is 2. The molecule has 0 saturated carbocycles. The summed E-state index contributed by atoms with van der Waals surface area (Å²) in [5, 5.41) is 8.35. The van der Waals surface area contributed by atoms with Crippen LogP contribution in [0.15, 0.2) is 53.6 Å². The molecule has 2 N–H and O–H groups in total. The number of fused-ring (bicyclic) bond motifs is 3. The van der Waals surface area contributed by atoms with Gasteiger partial charge >= 0.3 is 0 Å². The molecule has 1 spiro atoms. The average molecular weight is 517 g/mol. The van der Waals surface area contributed by atoms with Gasteiger partial charge in [-0.05, 0) is 61.1 Å². The topological polar surface area (TPSA) is 106 Å². The lowest BCUT2D eigenvalue weighted by Gasteiger charge is -2.25. The van der Waals surface area contributed by atoms with Gasteiger partial charge in [-0.3, -0.25) is 5.10 Å². The van der Waals surface area contributed by atoms with Gasteiger partial charge in [0.2, 0.25) is 10.0 Å². The minimum absolute atomic E-state index is 0.300. The minimum atomic E-state index is -3.57. The van der Waals surface area contributed by atoms with Gasteiger partial charge in [0, 0.05) is 35.6 Å².